The lowest BCUT2D eigenvalue weighted by atomic mass is 9.93. The second kappa shape index (κ2) is 4.08. The summed E-state index contributed by atoms with van der Waals surface area (Å²) in [6.07, 6.45) is 1.08. The van der Waals surface area contributed by atoms with E-state index in [0.29, 0.717) is 6.61 Å². The van der Waals surface area contributed by atoms with Crippen molar-refractivity contribution in [3.05, 3.63) is 35.4 Å². The van der Waals surface area contributed by atoms with Crippen LogP contribution in [0.2, 0.25) is 0 Å². The van der Waals surface area contributed by atoms with Gasteiger partial charge in [0.25, 0.3) is 0 Å². The molecule has 2 aliphatic heterocycles. The molecule has 2 unspecified atom stereocenters. The predicted molar refractivity (Wildman–Crippen MR) is 77.2 cm³/mol. The number of aliphatic imine (C=N–C) groups is 2. The van der Waals surface area contributed by atoms with Gasteiger partial charge in [-0.3, -0.25) is 4.99 Å². The third-order valence-corrected chi connectivity index (χ3v) is 4.32. The van der Waals surface area contributed by atoms with Crippen LogP contribution in [-0.2, 0) is 15.9 Å². The van der Waals surface area contributed by atoms with Gasteiger partial charge in [-0.25, -0.2) is 4.99 Å². The van der Waals surface area contributed by atoms with E-state index in [1.54, 1.807) is 0 Å². The number of ether oxygens (including phenoxy) is 2. The first-order chi connectivity index (χ1) is 9.66. The Morgan fingerprint density at radius 3 is 2.85 bits per heavy atom. The zero-order valence-corrected chi connectivity index (χ0v) is 11.8. The molecule has 20 heavy (non-hydrogen) atoms. The van der Waals surface area contributed by atoms with Gasteiger partial charge in [-0.1, -0.05) is 24.3 Å². The zero-order valence-electron chi connectivity index (χ0n) is 11.8. The number of fused-ring (bicyclic) bond motifs is 3. The minimum Gasteiger partial charge on any atom is -0.478 e. The van der Waals surface area contributed by atoms with Gasteiger partial charge in [0.2, 0.25) is 0 Å². The fraction of sp³-hybridized carbons (Fsp3) is 0.500. The van der Waals surface area contributed by atoms with Crippen molar-refractivity contribution >= 4 is 11.8 Å². The summed E-state index contributed by atoms with van der Waals surface area (Å²) in [5, 5.41) is 0. The Labute approximate surface area is 118 Å². The topological polar surface area (TPSA) is 43.2 Å². The summed E-state index contributed by atoms with van der Waals surface area (Å²) in [7, 11) is 0. The minimum absolute atomic E-state index is 0.141. The summed E-state index contributed by atoms with van der Waals surface area (Å²) in [6.45, 7) is 5.55. The van der Waals surface area contributed by atoms with Crippen molar-refractivity contribution in [2.75, 3.05) is 13.2 Å². The summed E-state index contributed by atoms with van der Waals surface area (Å²) in [4.78, 5) is 9.27. The SMILES string of the molecule is CC(C)(C1=NCCO1)C1=NC2c3ccccc3CC2O1. The zero-order chi connectivity index (χ0) is 13.7. The Morgan fingerprint density at radius 1 is 1.20 bits per heavy atom. The van der Waals surface area contributed by atoms with E-state index in [1.165, 1.54) is 11.1 Å². The van der Waals surface area contributed by atoms with E-state index in [-0.39, 0.29) is 17.6 Å². The molecule has 104 valence electrons. The Balaban J connectivity index is 1.67. The molecule has 0 radical (unpaired) electrons. The van der Waals surface area contributed by atoms with E-state index in [1.807, 2.05) is 0 Å². The van der Waals surface area contributed by atoms with Crippen molar-refractivity contribution in [1.29, 1.82) is 0 Å². The summed E-state index contributed by atoms with van der Waals surface area (Å²) >= 11 is 0. The lowest BCUT2D eigenvalue weighted by Crippen LogP contribution is -2.35. The maximum atomic E-state index is 6.13. The molecule has 1 aliphatic carbocycles. The van der Waals surface area contributed by atoms with Crippen LogP contribution in [0.25, 0.3) is 0 Å². The van der Waals surface area contributed by atoms with Crippen LogP contribution in [0.3, 0.4) is 0 Å². The molecule has 4 rings (SSSR count). The normalized spacial score (nSPS) is 27.3. The standard InChI is InChI=1S/C16H18N2O2/c1-16(2,14-17-7-8-19-14)15-18-13-11-6-4-3-5-10(11)9-12(13)20-15/h3-6,12-13H,7-9H2,1-2H3. The molecule has 0 amide bonds. The molecule has 1 aromatic rings. The van der Waals surface area contributed by atoms with E-state index in [4.69, 9.17) is 14.5 Å². The van der Waals surface area contributed by atoms with E-state index >= 15 is 0 Å². The van der Waals surface area contributed by atoms with Crippen molar-refractivity contribution in [3.63, 3.8) is 0 Å². The Kier molecular flexibility index (Phi) is 2.43. The average Bonchev–Trinajstić information content (AvgIpc) is 3.14. The van der Waals surface area contributed by atoms with Gasteiger partial charge >= 0.3 is 0 Å². The second-order valence-electron chi connectivity index (χ2n) is 6.10. The van der Waals surface area contributed by atoms with E-state index < -0.39 is 0 Å². The fourth-order valence-electron chi connectivity index (χ4n) is 3.21. The first kappa shape index (κ1) is 11.9. The van der Waals surface area contributed by atoms with Gasteiger partial charge in [0.15, 0.2) is 11.8 Å². The number of nitrogens with zero attached hydrogens (tertiary/aromatic N) is 2. The molecule has 0 N–H and O–H groups in total. The van der Waals surface area contributed by atoms with Crippen LogP contribution in [-0.4, -0.2) is 31.1 Å². The molecular formula is C16H18N2O2. The van der Waals surface area contributed by atoms with Crippen LogP contribution < -0.4 is 0 Å². The number of benzene rings is 1. The van der Waals surface area contributed by atoms with Gasteiger partial charge < -0.3 is 9.47 Å². The van der Waals surface area contributed by atoms with Crippen molar-refractivity contribution < 1.29 is 9.47 Å². The van der Waals surface area contributed by atoms with Gasteiger partial charge in [-0.05, 0) is 25.0 Å². The molecule has 0 aromatic heterocycles. The maximum absolute atomic E-state index is 6.13. The molecule has 4 nitrogen and oxygen atoms in total. The maximum Gasteiger partial charge on any atom is 0.199 e. The molecule has 0 saturated heterocycles. The van der Waals surface area contributed by atoms with Gasteiger partial charge in [0.1, 0.15) is 24.2 Å². The van der Waals surface area contributed by atoms with E-state index in [2.05, 4.69) is 43.1 Å². The van der Waals surface area contributed by atoms with Crippen LogP contribution in [0.1, 0.15) is 31.0 Å². The Bertz CT molecular complexity index is 619. The third-order valence-electron chi connectivity index (χ3n) is 4.32. The molecular weight excluding hydrogens is 252 g/mol. The molecule has 0 spiro atoms. The van der Waals surface area contributed by atoms with Gasteiger partial charge in [-0.2, -0.15) is 0 Å². The fourth-order valence-corrected chi connectivity index (χ4v) is 3.21. The number of hydrogen-bond acceptors (Lipinski definition) is 4. The van der Waals surface area contributed by atoms with E-state index in [0.717, 1.165) is 24.8 Å². The molecule has 4 heteroatoms. The summed E-state index contributed by atoms with van der Waals surface area (Å²) in [5.74, 6) is 1.52. The second-order valence-corrected chi connectivity index (χ2v) is 6.10. The van der Waals surface area contributed by atoms with Crippen molar-refractivity contribution in [2.45, 2.75) is 32.4 Å². The van der Waals surface area contributed by atoms with Crippen molar-refractivity contribution in [2.24, 2.45) is 15.4 Å². The highest BCUT2D eigenvalue weighted by Crippen LogP contribution is 2.43. The Morgan fingerprint density at radius 2 is 2.05 bits per heavy atom. The van der Waals surface area contributed by atoms with Crippen molar-refractivity contribution in [3.8, 4) is 0 Å². The monoisotopic (exact) mass is 270 g/mol. The lowest BCUT2D eigenvalue weighted by Gasteiger charge is -2.24. The highest BCUT2D eigenvalue weighted by molar-refractivity contribution is 6.05. The largest absolute Gasteiger partial charge is 0.478 e. The third kappa shape index (κ3) is 1.60. The predicted octanol–water partition coefficient (Wildman–Crippen LogP) is 2.54. The molecule has 0 saturated carbocycles. The van der Waals surface area contributed by atoms with Crippen LogP contribution >= 0.6 is 0 Å². The summed E-state index contributed by atoms with van der Waals surface area (Å²) in [5.41, 5.74) is 2.30. The van der Waals surface area contributed by atoms with Crippen molar-refractivity contribution in [1.82, 2.24) is 0 Å². The van der Waals surface area contributed by atoms with Gasteiger partial charge in [-0.15, -0.1) is 0 Å². The molecule has 3 aliphatic rings. The molecule has 0 fully saturated rings. The molecule has 2 atom stereocenters. The van der Waals surface area contributed by atoms with Crippen LogP contribution in [0.15, 0.2) is 34.3 Å². The smallest absolute Gasteiger partial charge is 0.199 e. The van der Waals surface area contributed by atoms with Crippen LogP contribution in [0.5, 0.6) is 0 Å². The van der Waals surface area contributed by atoms with Crippen LogP contribution in [0, 0.1) is 5.41 Å². The Hall–Kier alpha value is -1.84. The highest BCUT2D eigenvalue weighted by Gasteiger charge is 2.46. The number of rotatable bonds is 2. The molecule has 2 heterocycles. The first-order valence-corrected chi connectivity index (χ1v) is 7.17. The lowest BCUT2D eigenvalue weighted by molar-refractivity contribution is 0.186. The van der Waals surface area contributed by atoms with Gasteiger partial charge in [0, 0.05) is 6.42 Å². The van der Waals surface area contributed by atoms with Crippen LogP contribution in [0.4, 0.5) is 0 Å². The van der Waals surface area contributed by atoms with Gasteiger partial charge in [0.05, 0.1) is 6.54 Å². The minimum atomic E-state index is -0.365. The molecule has 1 aromatic carbocycles. The quantitative estimate of drug-likeness (QED) is 0.829. The number of hydrogen-bond donors (Lipinski definition) is 0. The highest BCUT2D eigenvalue weighted by atomic mass is 16.5. The summed E-state index contributed by atoms with van der Waals surface area (Å²) in [6, 6.07) is 8.62. The first-order valence-electron chi connectivity index (χ1n) is 7.17. The van der Waals surface area contributed by atoms with E-state index in [9.17, 15) is 0 Å². The summed E-state index contributed by atoms with van der Waals surface area (Å²) < 4.78 is 11.7. The molecule has 0 bridgehead atoms. The average molecular weight is 270 g/mol.